The first-order valence-electron chi connectivity index (χ1n) is 10.5. The highest BCUT2D eigenvalue weighted by molar-refractivity contribution is 6.32. The van der Waals surface area contributed by atoms with Crippen molar-refractivity contribution in [3.8, 4) is 17.2 Å². The summed E-state index contributed by atoms with van der Waals surface area (Å²) in [5, 5.41) is 4.29. The van der Waals surface area contributed by atoms with Crippen molar-refractivity contribution in [1.82, 2.24) is 0 Å². The summed E-state index contributed by atoms with van der Waals surface area (Å²) in [7, 11) is 1.50. The summed E-state index contributed by atoms with van der Waals surface area (Å²) in [4.78, 5) is 4.67. The average molecular weight is 446 g/mol. The fraction of sp³-hybridized carbons (Fsp3) is 0.400. The maximum absolute atomic E-state index is 6.26. The Balaban J connectivity index is 1.69. The third-order valence-corrected chi connectivity index (χ3v) is 4.87. The molecule has 2 rings (SSSR count). The molecule has 0 aliphatic heterocycles. The Bertz CT molecular complexity index is 857. The molecule has 0 unspecified atom stereocenters. The second kappa shape index (κ2) is 13.6. The normalized spacial score (nSPS) is 11.3. The van der Waals surface area contributed by atoms with Crippen molar-refractivity contribution in [3.63, 3.8) is 0 Å². The summed E-state index contributed by atoms with van der Waals surface area (Å²) in [5.74, 6) is 2.49. The second-order valence-electron chi connectivity index (χ2n) is 7.13. The Morgan fingerprint density at radius 3 is 2.29 bits per heavy atom. The van der Waals surface area contributed by atoms with Crippen LogP contribution >= 0.6 is 11.6 Å². The largest absolute Gasteiger partial charge is 0.493 e. The van der Waals surface area contributed by atoms with Gasteiger partial charge in [0.25, 0.3) is 0 Å². The molecule has 0 radical (unpaired) electrons. The van der Waals surface area contributed by atoms with Crippen LogP contribution in [0.2, 0.25) is 5.02 Å². The van der Waals surface area contributed by atoms with Gasteiger partial charge < -0.3 is 19.0 Å². The summed E-state index contributed by atoms with van der Waals surface area (Å²) in [6.07, 6.45) is 8.47. The molecule has 0 heterocycles. The Morgan fingerprint density at radius 1 is 0.935 bits per heavy atom. The van der Waals surface area contributed by atoms with Crippen molar-refractivity contribution in [2.24, 2.45) is 5.16 Å². The molecule has 2 aromatic rings. The first-order valence-corrected chi connectivity index (χ1v) is 10.9. The molecular formula is C25H32ClNO4. The lowest BCUT2D eigenvalue weighted by molar-refractivity contribution is 0.215. The van der Waals surface area contributed by atoms with E-state index in [-0.39, 0.29) is 0 Å². The molecule has 0 amide bonds. The highest BCUT2D eigenvalue weighted by Crippen LogP contribution is 2.29. The number of aryl methyl sites for hydroxylation is 2. The Kier molecular flexibility index (Phi) is 10.8. The average Bonchev–Trinajstić information content (AvgIpc) is 2.74. The first kappa shape index (κ1) is 24.6. The molecular weight excluding hydrogens is 414 g/mol. The van der Waals surface area contributed by atoms with Crippen LogP contribution in [0.15, 0.2) is 47.6 Å². The lowest BCUT2D eigenvalue weighted by atomic mass is 10.1. The summed E-state index contributed by atoms with van der Waals surface area (Å²) in [6, 6.07) is 9.58. The molecule has 5 nitrogen and oxygen atoms in total. The van der Waals surface area contributed by atoms with Crippen molar-refractivity contribution < 1.29 is 19.0 Å². The number of nitrogens with zero attached hydrogens (tertiary/aromatic N) is 1. The maximum atomic E-state index is 6.26. The molecule has 6 heteroatoms. The summed E-state index contributed by atoms with van der Waals surface area (Å²) in [6.45, 7) is 7.95. The Morgan fingerprint density at radius 2 is 1.65 bits per heavy atom. The molecule has 0 atom stereocenters. The van der Waals surface area contributed by atoms with Crippen LogP contribution < -0.4 is 14.2 Å². The van der Waals surface area contributed by atoms with Crippen molar-refractivity contribution in [2.75, 3.05) is 26.9 Å². The van der Waals surface area contributed by atoms with Gasteiger partial charge in [-0.1, -0.05) is 28.9 Å². The molecule has 0 spiro atoms. The van der Waals surface area contributed by atoms with Crippen LogP contribution in [-0.2, 0) is 4.84 Å². The van der Waals surface area contributed by atoms with Crippen LogP contribution in [0.1, 0.15) is 42.9 Å². The van der Waals surface area contributed by atoms with Crippen LogP contribution in [0.5, 0.6) is 17.2 Å². The SMILES string of the molecule is C/C=C/COc1cc(C)c(OCCCCCOc2ccc(C=NOC)cc2Cl)c(C)c1. The van der Waals surface area contributed by atoms with Crippen molar-refractivity contribution in [1.29, 1.82) is 0 Å². The van der Waals surface area contributed by atoms with Crippen molar-refractivity contribution in [3.05, 3.63) is 64.2 Å². The van der Waals surface area contributed by atoms with Crippen LogP contribution in [0.25, 0.3) is 0 Å². The minimum absolute atomic E-state index is 0.562. The third-order valence-electron chi connectivity index (χ3n) is 4.57. The van der Waals surface area contributed by atoms with E-state index in [0.29, 0.717) is 30.6 Å². The highest BCUT2D eigenvalue weighted by atomic mass is 35.5. The lowest BCUT2D eigenvalue weighted by Gasteiger charge is -2.14. The van der Waals surface area contributed by atoms with Crippen molar-refractivity contribution >= 4 is 17.8 Å². The van der Waals surface area contributed by atoms with Gasteiger partial charge in [0.2, 0.25) is 0 Å². The molecule has 168 valence electrons. The van der Waals surface area contributed by atoms with E-state index in [1.807, 2.05) is 43.3 Å². The van der Waals surface area contributed by atoms with Gasteiger partial charge >= 0.3 is 0 Å². The van der Waals surface area contributed by atoms with E-state index in [0.717, 1.165) is 47.5 Å². The predicted molar refractivity (Wildman–Crippen MR) is 127 cm³/mol. The second-order valence-corrected chi connectivity index (χ2v) is 7.54. The molecule has 0 bridgehead atoms. The van der Waals surface area contributed by atoms with E-state index < -0.39 is 0 Å². The van der Waals surface area contributed by atoms with Crippen LogP contribution in [-0.4, -0.2) is 33.1 Å². The fourth-order valence-corrected chi connectivity index (χ4v) is 3.27. The minimum Gasteiger partial charge on any atom is -0.493 e. The number of hydrogen-bond donors (Lipinski definition) is 0. The van der Waals surface area contributed by atoms with E-state index in [9.17, 15) is 0 Å². The van der Waals surface area contributed by atoms with E-state index >= 15 is 0 Å². The summed E-state index contributed by atoms with van der Waals surface area (Å²) in [5.41, 5.74) is 3.04. The smallest absolute Gasteiger partial charge is 0.137 e. The number of hydrogen-bond acceptors (Lipinski definition) is 5. The molecule has 2 aromatic carbocycles. The molecule has 0 saturated carbocycles. The van der Waals surface area contributed by atoms with E-state index in [2.05, 4.69) is 23.8 Å². The Hall–Kier alpha value is -2.66. The lowest BCUT2D eigenvalue weighted by Crippen LogP contribution is -2.03. The molecule has 0 aliphatic rings. The molecule has 0 N–H and O–H groups in total. The zero-order valence-electron chi connectivity index (χ0n) is 18.8. The number of ether oxygens (including phenoxy) is 3. The van der Waals surface area contributed by atoms with E-state index in [1.54, 1.807) is 12.3 Å². The van der Waals surface area contributed by atoms with Gasteiger partial charge in [0.05, 0.1) is 24.5 Å². The van der Waals surface area contributed by atoms with Gasteiger partial charge in [-0.25, -0.2) is 0 Å². The van der Waals surface area contributed by atoms with Crippen LogP contribution in [0.3, 0.4) is 0 Å². The maximum Gasteiger partial charge on any atom is 0.137 e. The van der Waals surface area contributed by atoms with Gasteiger partial charge in [-0.05, 0) is 87.1 Å². The van der Waals surface area contributed by atoms with Gasteiger partial charge in [0.1, 0.15) is 31.0 Å². The first-order chi connectivity index (χ1) is 15.0. The summed E-state index contributed by atoms with van der Waals surface area (Å²) >= 11 is 6.26. The number of unbranched alkanes of at least 4 members (excludes halogenated alkanes) is 2. The topological polar surface area (TPSA) is 49.3 Å². The van der Waals surface area contributed by atoms with Crippen molar-refractivity contribution in [2.45, 2.75) is 40.0 Å². The van der Waals surface area contributed by atoms with Gasteiger partial charge in [-0.3, -0.25) is 0 Å². The molecule has 31 heavy (non-hydrogen) atoms. The highest BCUT2D eigenvalue weighted by Gasteiger charge is 2.07. The molecule has 0 aromatic heterocycles. The van der Waals surface area contributed by atoms with Gasteiger partial charge in [0, 0.05) is 0 Å². The third kappa shape index (κ3) is 8.54. The quantitative estimate of drug-likeness (QED) is 0.152. The van der Waals surface area contributed by atoms with E-state index in [4.69, 9.17) is 25.8 Å². The van der Waals surface area contributed by atoms with Gasteiger partial charge in [-0.2, -0.15) is 0 Å². The minimum atomic E-state index is 0.562. The number of halogens is 1. The standard InChI is InChI=1S/C25H32ClNO4/c1-5-6-12-29-22-15-19(2)25(20(3)16-22)31-14-9-7-8-13-30-24-11-10-21(17-23(24)26)18-27-28-4/h5-6,10-11,15-18H,7-9,12-14H2,1-4H3/b6-5+,27-18?. The van der Waals surface area contributed by atoms with Gasteiger partial charge in [-0.15, -0.1) is 0 Å². The predicted octanol–water partition coefficient (Wildman–Crippen LogP) is 6.52. The summed E-state index contributed by atoms with van der Waals surface area (Å²) < 4.78 is 17.5. The zero-order valence-corrected chi connectivity index (χ0v) is 19.6. The number of oxime groups is 1. The van der Waals surface area contributed by atoms with Crippen LogP contribution in [0.4, 0.5) is 0 Å². The zero-order chi connectivity index (χ0) is 22.5. The molecule has 0 aliphatic carbocycles. The monoisotopic (exact) mass is 445 g/mol. The number of allylic oxidation sites excluding steroid dienone is 1. The number of rotatable bonds is 13. The fourth-order valence-electron chi connectivity index (χ4n) is 3.03. The number of benzene rings is 2. The Labute approximate surface area is 190 Å². The molecule has 0 saturated heterocycles. The van der Waals surface area contributed by atoms with Gasteiger partial charge in [0.15, 0.2) is 0 Å². The van der Waals surface area contributed by atoms with Crippen LogP contribution in [0, 0.1) is 13.8 Å². The molecule has 0 fully saturated rings. The van der Waals surface area contributed by atoms with E-state index in [1.165, 1.54) is 7.11 Å².